The molecule has 0 aliphatic carbocycles. The first-order valence-corrected chi connectivity index (χ1v) is 14.4. The molecule has 0 spiro atoms. The van der Waals surface area contributed by atoms with Gasteiger partial charge in [-0.2, -0.15) is 9.55 Å². The third kappa shape index (κ3) is 6.87. The normalized spacial score (nSPS) is 26.7. The Kier molecular flexibility index (Phi) is 10.2. The van der Waals surface area contributed by atoms with E-state index in [2.05, 4.69) is 15.0 Å². The maximum atomic E-state index is 12.7. The number of anilines is 1. The first-order chi connectivity index (χ1) is 19.9. The van der Waals surface area contributed by atoms with Crippen molar-refractivity contribution in [3.05, 3.63) is 49.3 Å². The summed E-state index contributed by atoms with van der Waals surface area (Å²) in [6.07, 6.45) is -4.11. The third-order valence-electron chi connectivity index (χ3n) is 7.12. The molecule has 0 aromatic carbocycles. The van der Waals surface area contributed by atoms with E-state index < -0.39 is 82.1 Å². The maximum absolute atomic E-state index is 12.7. The van der Waals surface area contributed by atoms with E-state index in [1.165, 1.54) is 28.5 Å². The minimum absolute atomic E-state index is 0. The Morgan fingerprint density at radius 3 is 2.65 bits per heavy atom. The second-order valence-corrected chi connectivity index (χ2v) is 11.4. The molecule has 6 N–H and O–H groups in total. The Balaban J connectivity index is 0.00000423. The number of fused-ring (bicyclic) bond motifs is 1. The molecular weight excluding hydrogens is 605 g/mol. The number of aryl methyl sites for hydroxylation is 1. The summed E-state index contributed by atoms with van der Waals surface area (Å²) in [7, 11) is -6.51. The average Bonchev–Trinajstić information content (AvgIpc) is 3.60. The number of phosphoric acid groups is 1. The number of phosphoric ester groups is 1. The predicted octanol–water partition coefficient (Wildman–Crippen LogP) is -7.33. The first-order valence-electron chi connectivity index (χ1n) is 12.9. The Hall–Kier alpha value is -2.67. The van der Waals surface area contributed by atoms with Gasteiger partial charge >= 0.3 is 35.2 Å². The van der Waals surface area contributed by atoms with Gasteiger partial charge in [0.1, 0.15) is 24.5 Å². The van der Waals surface area contributed by atoms with Crippen LogP contribution < -0.4 is 61.5 Å². The molecule has 2 saturated heterocycles. The zero-order chi connectivity index (χ0) is 30.3. The molecule has 3 aromatic heterocycles. The summed E-state index contributed by atoms with van der Waals surface area (Å²) in [5, 5.41) is 29.4. The monoisotopic (exact) mass is 632 g/mol. The van der Waals surface area contributed by atoms with Crippen molar-refractivity contribution < 1.29 is 72.2 Å². The smallest absolute Gasteiger partial charge is 0.756 e. The number of nitriles is 1. The molecule has 0 amide bonds. The van der Waals surface area contributed by atoms with E-state index in [1.54, 1.807) is 0 Å². The number of nitrogen functional groups attached to an aromatic ring is 1. The van der Waals surface area contributed by atoms with Crippen molar-refractivity contribution in [2.75, 3.05) is 18.9 Å². The Labute approximate surface area is 264 Å². The number of aliphatic hydroxyl groups excluding tert-OH is 2. The summed E-state index contributed by atoms with van der Waals surface area (Å²) in [5.74, 6) is 1.86. The van der Waals surface area contributed by atoms with Crippen LogP contribution >= 0.6 is 7.82 Å². The molecule has 7 unspecified atom stereocenters. The number of nitrogens with two attached hydrogens (primary N) is 1. The van der Waals surface area contributed by atoms with E-state index in [4.69, 9.17) is 24.3 Å². The average molecular weight is 632 g/mol. The molecule has 5 rings (SSSR count). The number of ether oxygens (including phenoxy) is 2. The van der Waals surface area contributed by atoms with Gasteiger partial charge in [-0.15, -0.1) is 5.97 Å². The van der Waals surface area contributed by atoms with Crippen LogP contribution in [0.15, 0.2) is 26.9 Å². The SMILES string of the molecule is Cc1cn(C2CC(O)C(COP(=O)([O-])OC3CC(n4c[n+]([BH2-]C#N)c5c(=O)[nH]c(N)nc54)OC3CO)O2)c(=O)[nH]c1=O.[Na+]. The van der Waals surface area contributed by atoms with E-state index in [9.17, 15) is 39.3 Å². The van der Waals surface area contributed by atoms with Gasteiger partial charge in [-0.1, -0.05) is 0 Å². The van der Waals surface area contributed by atoms with Gasteiger partial charge < -0.3 is 43.8 Å². The number of rotatable bonds is 9. The van der Waals surface area contributed by atoms with Crippen molar-refractivity contribution in [3.8, 4) is 5.97 Å². The summed E-state index contributed by atoms with van der Waals surface area (Å²) in [5.41, 5.74) is 4.21. The standard InChI is InChI=1S/C21H28BN8O11P.Na/c1-9-4-28(21(35)27-18(9)33)14-2-10(32)13(40-14)6-38-42(36,37)41-11-3-15(39-12(11)5-31)29-8-30(22-7-23)16-17(29)25-20(24)26-19(16)34;/h4,8,10-15,31-32H,2-3,5-6,22H2,1H3,(H,36,37)(H,27,33,35)(H3,24,25,26,34);/q;+1/p-1. The van der Waals surface area contributed by atoms with E-state index in [0.717, 1.165) is 4.57 Å². The molecule has 226 valence electrons. The Morgan fingerprint density at radius 2 is 1.95 bits per heavy atom. The van der Waals surface area contributed by atoms with Crippen LogP contribution in [0.2, 0.25) is 0 Å². The van der Waals surface area contributed by atoms with Gasteiger partial charge in [-0.3, -0.25) is 28.7 Å². The number of H-pyrrole nitrogens is 2. The van der Waals surface area contributed by atoms with Gasteiger partial charge in [-0.05, 0) is 6.92 Å². The van der Waals surface area contributed by atoms with Gasteiger partial charge in [0.15, 0.2) is 0 Å². The number of nitrogens with one attached hydrogen (secondary N) is 2. The van der Waals surface area contributed by atoms with Crippen molar-refractivity contribution in [1.29, 1.82) is 5.26 Å². The van der Waals surface area contributed by atoms with Crippen LogP contribution in [0.25, 0.3) is 11.2 Å². The minimum atomic E-state index is -5.06. The molecule has 7 atom stereocenters. The summed E-state index contributed by atoms with van der Waals surface area (Å²) >= 11 is 0. The fraction of sp³-hybridized carbons (Fsp3) is 0.524. The molecule has 5 heterocycles. The van der Waals surface area contributed by atoms with E-state index in [1.807, 2.05) is 5.97 Å². The van der Waals surface area contributed by atoms with Crippen LogP contribution in [0.3, 0.4) is 0 Å². The number of hydrogen-bond acceptors (Lipinski definition) is 14. The number of hydrogen-bond donors (Lipinski definition) is 5. The summed E-state index contributed by atoms with van der Waals surface area (Å²) in [6, 6.07) is 0. The van der Waals surface area contributed by atoms with Crippen molar-refractivity contribution in [3.63, 3.8) is 0 Å². The largest absolute Gasteiger partial charge is 1.00 e. The second kappa shape index (κ2) is 13.1. The molecule has 0 bridgehead atoms. The fourth-order valence-electron chi connectivity index (χ4n) is 5.10. The quantitative estimate of drug-likeness (QED) is 0.108. The predicted molar refractivity (Wildman–Crippen MR) is 139 cm³/mol. The molecule has 3 aromatic rings. The molecule has 0 radical (unpaired) electrons. The van der Waals surface area contributed by atoms with Gasteiger partial charge in [0.25, 0.3) is 32.0 Å². The van der Waals surface area contributed by atoms with Crippen molar-refractivity contribution in [2.45, 2.75) is 56.6 Å². The van der Waals surface area contributed by atoms with Crippen LogP contribution in [0.4, 0.5) is 5.95 Å². The van der Waals surface area contributed by atoms with Crippen LogP contribution in [0, 0.1) is 18.2 Å². The van der Waals surface area contributed by atoms with E-state index in [-0.39, 0.29) is 65.1 Å². The van der Waals surface area contributed by atoms with E-state index >= 15 is 0 Å². The third-order valence-corrected chi connectivity index (χ3v) is 8.12. The summed E-state index contributed by atoms with van der Waals surface area (Å²) < 4.78 is 38.3. The van der Waals surface area contributed by atoms with Crippen molar-refractivity contribution in [2.24, 2.45) is 0 Å². The van der Waals surface area contributed by atoms with E-state index in [0.29, 0.717) is 0 Å². The number of aromatic nitrogens is 6. The first kappa shape index (κ1) is 33.2. The number of imidazole rings is 1. The molecular formula is C21H27BN8NaO11P. The van der Waals surface area contributed by atoms with Crippen molar-refractivity contribution in [1.82, 2.24) is 24.1 Å². The topological polar surface area (TPSA) is 277 Å². The van der Waals surface area contributed by atoms with Gasteiger partial charge in [0.05, 0.1) is 19.3 Å². The van der Waals surface area contributed by atoms with Crippen LogP contribution in [-0.2, 0) is 23.1 Å². The number of aliphatic hydroxyl groups is 2. The maximum Gasteiger partial charge on any atom is 1.00 e. The molecule has 43 heavy (non-hydrogen) atoms. The zero-order valence-corrected chi connectivity index (χ0v) is 26.2. The van der Waals surface area contributed by atoms with Crippen LogP contribution in [0.5, 0.6) is 0 Å². The molecule has 19 nitrogen and oxygen atoms in total. The molecule has 2 fully saturated rings. The molecule has 0 saturated carbocycles. The molecule has 2 aliphatic heterocycles. The zero-order valence-electron chi connectivity index (χ0n) is 23.3. The van der Waals surface area contributed by atoms with Gasteiger partial charge in [-0.25, -0.2) is 10.1 Å². The number of aromatic amines is 2. The van der Waals surface area contributed by atoms with Gasteiger partial charge in [0.2, 0.25) is 24.0 Å². The summed E-state index contributed by atoms with van der Waals surface area (Å²) in [6.45, 7) is 0.212. The second-order valence-electron chi connectivity index (χ2n) is 10.0. The fourth-order valence-corrected chi connectivity index (χ4v) is 6.04. The summed E-state index contributed by atoms with van der Waals surface area (Å²) in [4.78, 5) is 57.6. The number of nitrogens with zero attached hydrogens (tertiary/aromatic N) is 5. The van der Waals surface area contributed by atoms with Gasteiger partial charge in [0, 0.05) is 24.6 Å². The minimum Gasteiger partial charge on any atom is -0.756 e. The van der Waals surface area contributed by atoms with Crippen LogP contribution in [0.1, 0.15) is 30.9 Å². The van der Waals surface area contributed by atoms with Crippen molar-refractivity contribution >= 4 is 32.3 Å². The molecule has 2 aliphatic rings. The Bertz CT molecular complexity index is 1770. The molecule has 22 heteroatoms. The Morgan fingerprint density at radius 1 is 1.26 bits per heavy atom. The van der Waals surface area contributed by atoms with Crippen LogP contribution in [-0.4, -0.2) is 79.3 Å².